The van der Waals surface area contributed by atoms with Crippen LogP contribution in [0.15, 0.2) is 23.1 Å². The highest BCUT2D eigenvalue weighted by atomic mass is 32.2. The Hall–Kier alpha value is -2.13. The maximum Gasteiger partial charge on any atom is 0.313 e. The summed E-state index contributed by atoms with van der Waals surface area (Å²) in [5, 5.41) is 2.52. The SMILES string of the molecule is CCOc1ccc(NC(=O)C(=O)N2CCC[C@H]2CC)cc1S(=O)(=O)N(C)C. The number of nitrogens with one attached hydrogen (secondary N) is 1. The quantitative estimate of drug-likeness (QED) is 0.737. The van der Waals surface area contributed by atoms with Crippen molar-refractivity contribution in [2.45, 2.75) is 44.0 Å². The maximum absolute atomic E-state index is 12.5. The number of amides is 2. The van der Waals surface area contributed by atoms with Crippen molar-refractivity contribution >= 4 is 27.5 Å². The van der Waals surface area contributed by atoms with Crippen molar-refractivity contribution < 1.29 is 22.7 Å². The molecule has 1 aromatic carbocycles. The summed E-state index contributed by atoms with van der Waals surface area (Å²) in [4.78, 5) is 26.3. The first-order valence-electron chi connectivity index (χ1n) is 9.03. The summed E-state index contributed by atoms with van der Waals surface area (Å²) in [5.41, 5.74) is 0.226. The van der Waals surface area contributed by atoms with Crippen molar-refractivity contribution in [3.8, 4) is 5.75 Å². The van der Waals surface area contributed by atoms with Crippen LogP contribution in [0.3, 0.4) is 0 Å². The summed E-state index contributed by atoms with van der Waals surface area (Å²) in [6.45, 7) is 4.60. The lowest BCUT2D eigenvalue weighted by Crippen LogP contribution is -2.42. The molecule has 1 N–H and O–H groups in total. The van der Waals surface area contributed by atoms with Crippen LogP contribution in [0.1, 0.15) is 33.1 Å². The minimum Gasteiger partial charge on any atom is -0.492 e. The smallest absolute Gasteiger partial charge is 0.313 e. The Morgan fingerprint density at radius 2 is 2.00 bits per heavy atom. The van der Waals surface area contributed by atoms with E-state index in [2.05, 4.69) is 5.32 Å². The van der Waals surface area contributed by atoms with Gasteiger partial charge in [0, 0.05) is 32.4 Å². The Morgan fingerprint density at radius 3 is 2.59 bits per heavy atom. The van der Waals surface area contributed by atoms with E-state index in [4.69, 9.17) is 4.74 Å². The van der Waals surface area contributed by atoms with Gasteiger partial charge in [0.25, 0.3) is 0 Å². The lowest BCUT2D eigenvalue weighted by Gasteiger charge is -2.23. The molecular formula is C18H27N3O5S. The van der Waals surface area contributed by atoms with Crippen molar-refractivity contribution in [1.82, 2.24) is 9.21 Å². The fraction of sp³-hybridized carbons (Fsp3) is 0.556. The van der Waals surface area contributed by atoms with Gasteiger partial charge in [0.2, 0.25) is 10.0 Å². The third-order valence-corrected chi connectivity index (χ3v) is 6.40. The molecule has 150 valence electrons. The number of ether oxygens (including phenoxy) is 1. The lowest BCUT2D eigenvalue weighted by molar-refractivity contribution is -0.143. The molecule has 2 rings (SSSR count). The van der Waals surface area contributed by atoms with Crippen LogP contribution in [0, 0.1) is 0 Å². The third kappa shape index (κ3) is 4.59. The van der Waals surface area contributed by atoms with Gasteiger partial charge in [-0.3, -0.25) is 9.59 Å². The highest BCUT2D eigenvalue weighted by Gasteiger charge is 2.31. The van der Waals surface area contributed by atoms with Crippen LogP contribution >= 0.6 is 0 Å². The number of hydrogen-bond acceptors (Lipinski definition) is 5. The number of sulfonamides is 1. The van der Waals surface area contributed by atoms with Crippen molar-refractivity contribution in [2.75, 3.05) is 32.6 Å². The van der Waals surface area contributed by atoms with E-state index in [-0.39, 0.29) is 22.4 Å². The predicted octanol–water partition coefficient (Wildman–Crippen LogP) is 1.68. The largest absolute Gasteiger partial charge is 0.492 e. The first-order chi connectivity index (χ1) is 12.7. The Labute approximate surface area is 160 Å². The molecule has 1 aliphatic heterocycles. The summed E-state index contributed by atoms with van der Waals surface area (Å²) in [5.74, 6) is -1.17. The molecule has 0 aliphatic carbocycles. The molecule has 0 bridgehead atoms. The minimum atomic E-state index is -3.77. The zero-order valence-electron chi connectivity index (χ0n) is 16.2. The van der Waals surface area contributed by atoms with Gasteiger partial charge in [-0.25, -0.2) is 12.7 Å². The molecule has 1 aromatic rings. The van der Waals surface area contributed by atoms with E-state index < -0.39 is 21.8 Å². The van der Waals surface area contributed by atoms with Gasteiger partial charge in [-0.15, -0.1) is 0 Å². The van der Waals surface area contributed by atoms with Crippen LogP contribution in [0.4, 0.5) is 5.69 Å². The molecule has 0 unspecified atom stereocenters. The van der Waals surface area contributed by atoms with E-state index in [1.54, 1.807) is 11.8 Å². The van der Waals surface area contributed by atoms with Crippen molar-refractivity contribution in [1.29, 1.82) is 0 Å². The highest BCUT2D eigenvalue weighted by molar-refractivity contribution is 7.89. The van der Waals surface area contributed by atoms with Gasteiger partial charge in [0.15, 0.2) is 0 Å². The Kier molecular flexibility index (Phi) is 6.83. The molecule has 27 heavy (non-hydrogen) atoms. The molecule has 0 aromatic heterocycles. The van der Waals surface area contributed by atoms with Crippen molar-refractivity contribution in [2.24, 2.45) is 0 Å². The number of likely N-dealkylation sites (tertiary alicyclic amines) is 1. The van der Waals surface area contributed by atoms with Crippen molar-refractivity contribution in [3.63, 3.8) is 0 Å². The first-order valence-corrected chi connectivity index (χ1v) is 10.5. The number of hydrogen-bond donors (Lipinski definition) is 1. The van der Waals surface area contributed by atoms with E-state index in [1.165, 1.54) is 32.3 Å². The summed E-state index contributed by atoms with van der Waals surface area (Å²) >= 11 is 0. The van der Waals surface area contributed by atoms with Gasteiger partial charge in [-0.05, 0) is 44.4 Å². The van der Waals surface area contributed by atoms with E-state index in [9.17, 15) is 18.0 Å². The number of carbonyl (C=O) groups is 2. The van der Waals surface area contributed by atoms with Crippen molar-refractivity contribution in [3.05, 3.63) is 18.2 Å². The summed E-state index contributed by atoms with van der Waals surface area (Å²) in [6, 6.07) is 4.39. The van der Waals surface area contributed by atoms with E-state index >= 15 is 0 Å². The summed E-state index contributed by atoms with van der Waals surface area (Å²) < 4.78 is 31.6. The predicted molar refractivity (Wildman–Crippen MR) is 102 cm³/mol. The van der Waals surface area contributed by atoms with E-state index in [0.29, 0.717) is 13.2 Å². The van der Waals surface area contributed by atoms with Crippen LogP contribution < -0.4 is 10.1 Å². The van der Waals surface area contributed by atoms with Gasteiger partial charge in [-0.2, -0.15) is 0 Å². The van der Waals surface area contributed by atoms with E-state index in [1.807, 2.05) is 6.92 Å². The number of nitrogens with zero attached hydrogens (tertiary/aromatic N) is 2. The lowest BCUT2D eigenvalue weighted by atomic mass is 10.2. The average molecular weight is 397 g/mol. The number of carbonyl (C=O) groups excluding carboxylic acids is 2. The van der Waals surface area contributed by atoms with Crippen LogP contribution in [-0.2, 0) is 19.6 Å². The van der Waals surface area contributed by atoms with E-state index in [0.717, 1.165) is 23.6 Å². The molecule has 8 nitrogen and oxygen atoms in total. The molecular weight excluding hydrogens is 370 g/mol. The molecule has 0 saturated carbocycles. The Morgan fingerprint density at radius 1 is 1.30 bits per heavy atom. The molecule has 0 spiro atoms. The zero-order chi connectivity index (χ0) is 20.2. The zero-order valence-corrected chi connectivity index (χ0v) is 17.0. The molecule has 0 radical (unpaired) electrons. The molecule has 1 atom stereocenters. The second-order valence-electron chi connectivity index (χ2n) is 6.54. The van der Waals surface area contributed by atoms with Gasteiger partial charge in [-0.1, -0.05) is 6.92 Å². The highest BCUT2D eigenvalue weighted by Crippen LogP contribution is 2.29. The van der Waals surface area contributed by atoms with Gasteiger partial charge in [0.1, 0.15) is 10.6 Å². The fourth-order valence-electron chi connectivity index (χ4n) is 3.10. The van der Waals surface area contributed by atoms with Gasteiger partial charge < -0.3 is 15.0 Å². The monoisotopic (exact) mass is 397 g/mol. The average Bonchev–Trinajstić information content (AvgIpc) is 3.10. The summed E-state index contributed by atoms with van der Waals surface area (Å²) in [6.07, 6.45) is 2.57. The van der Waals surface area contributed by atoms with Crippen LogP contribution in [0.2, 0.25) is 0 Å². The molecule has 1 fully saturated rings. The maximum atomic E-state index is 12.5. The van der Waals surface area contributed by atoms with Gasteiger partial charge in [0.05, 0.1) is 6.61 Å². The molecule has 1 aliphatic rings. The Bertz CT molecular complexity index is 807. The van der Waals surface area contributed by atoms with Crippen LogP contribution in [0.25, 0.3) is 0 Å². The fourth-order valence-corrected chi connectivity index (χ4v) is 4.15. The van der Waals surface area contributed by atoms with Gasteiger partial charge >= 0.3 is 11.8 Å². The molecule has 1 saturated heterocycles. The third-order valence-electron chi connectivity index (χ3n) is 4.56. The topological polar surface area (TPSA) is 96.0 Å². The number of rotatable bonds is 6. The normalized spacial score (nSPS) is 17.2. The second-order valence-corrected chi connectivity index (χ2v) is 8.66. The number of benzene rings is 1. The molecule has 9 heteroatoms. The molecule has 2 amide bonds. The Balaban J connectivity index is 2.26. The standard InChI is InChI=1S/C18H27N3O5S/c1-5-14-8-7-11-21(14)18(23)17(22)19-13-9-10-15(26-6-2)16(12-13)27(24,25)20(3)4/h9-10,12,14H,5-8,11H2,1-4H3,(H,19,22)/t14-/m1/s1. The second kappa shape index (κ2) is 8.71. The number of anilines is 1. The first kappa shape index (κ1) is 21.2. The van der Waals surface area contributed by atoms with Crippen LogP contribution in [-0.4, -0.2) is 62.7 Å². The van der Waals surface area contributed by atoms with Crippen LogP contribution in [0.5, 0.6) is 5.75 Å². The minimum absolute atomic E-state index is 0.0628. The molecule has 1 heterocycles. The summed E-state index contributed by atoms with van der Waals surface area (Å²) in [7, 11) is -0.945.